The first kappa shape index (κ1) is 15.5. The molecule has 2 aliphatic rings. The van der Waals surface area contributed by atoms with Gasteiger partial charge in [-0.3, -0.25) is 4.79 Å². The molecule has 1 heterocycles. The lowest BCUT2D eigenvalue weighted by Gasteiger charge is -2.45. The number of piperidine rings is 1. The van der Waals surface area contributed by atoms with Gasteiger partial charge < -0.3 is 10.6 Å². The molecule has 1 aromatic rings. The normalized spacial score (nSPS) is 28.4. The van der Waals surface area contributed by atoms with Crippen molar-refractivity contribution in [3.8, 4) is 0 Å². The minimum atomic E-state index is -0.604. The molecule has 1 aliphatic heterocycles. The maximum absolute atomic E-state index is 13.0. The molecule has 0 bridgehead atoms. The second-order valence-electron chi connectivity index (χ2n) is 7.47. The van der Waals surface area contributed by atoms with E-state index in [1.54, 1.807) is 0 Å². The monoisotopic (exact) mass is 300 g/mol. The van der Waals surface area contributed by atoms with Crippen molar-refractivity contribution in [2.24, 2.45) is 5.73 Å². The van der Waals surface area contributed by atoms with Gasteiger partial charge in [0.1, 0.15) is 0 Å². The predicted molar refractivity (Wildman–Crippen MR) is 89.6 cm³/mol. The van der Waals surface area contributed by atoms with Crippen LogP contribution < -0.4 is 5.73 Å². The highest BCUT2D eigenvalue weighted by Crippen LogP contribution is 2.36. The predicted octanol–water partition coefficient (Wildman–Crippen LogP) is 3.23. The molecule has 3 nitrogen and oxygen atoms in total. The Kier molecular flexibility index (Phi) is 4.26. The van der Waals surface area contributed by atoms with Gasteiger partial charge in [0.15, 0.2) is 0 Å². The van der Waals surface area contributed by atoms with Crippen molar-refractivity contribution >= 4 is 5.91 Å². The molecule has 1 saturated carbocycles. The molecule has 0 aromatic heterocycles. The summed E-state index contributed by atoms with van der Waals surface area (Å²) >= 11 is 0. The number of likely N-dealkylation sites (tertiary alicyclic amines) is 1. The molecule has 0 radical (unpaired) electrons. The Balaban J connectivity index is 1.77. The first-order chi connectivity index (χ1) is 10.5. The molecule has 1 atom stereocenters. The van der Waals surface area contributed by atoms with E-state index in [2.05, 4.69) is 37.3 Å². The average molecular weight is 300 g/mol. The SMILES string of the molecule is CC1(c2ccccc2)CCCN(C(=O)C2(N)CCCCC2)C1. The summed E-state index contributed by atoms with van der Waals surface area (Å²) in [5.74, 6) is 0.189. The van der Waals surface area contributed by atoms with Gasteiger partial charge in [0.2, 0.25) is 5.91 Å². The van der Waals surface area contributed by atoms with Crippen LogP contribution in [-0.2, 0) is 10.2 Å². The average Bonchev–Trinajstić information content (AvgIpc) is 2.56. The second-order valence-corrected chi connectivity index (χ2v) is 7.47. The van der Waals surface area contributed by atoms with Crippen LogP contribution in [0.4, 0.5) is 0 Å². The molecule has 1 aromatic carbocycles. The Labute approximate surface area is 133 Å². The summed E-state index contributed by atoms with van der Waals surface area (Å²) in [6.07, 6.45) is 7.30. The Morgan fingerprint density at radius 1 is 1.05 bits per heavy atom. The minimum absolute atomic E-state index is 0.0558. The van der Waals surface area contributed by atoms with Gasteiger partial charge in [-0.25, -0.2) is 0 Å². The Morgan fingerprint density at radius 3 is 2.41 bits per heavy atom. The van der Waals surface area contributed by atoms with Gasteiger partial charge in [-0.2, -0.15) is 0 Å². The Morgan fingerprint density at radius 2 is 1.73 bits per heavy atom. The number of rotatable bonds is 2. The van der Waals surface area contributed by atoms with E-state index in [1.165, 1.54) is 12.0 Å². The fraction of sp³-hybridized carbons (Fsp3) is 0.632. The zero-order valence-electron chi connectivity index (χ0n) is 13.7. The lowest BCUT2D eigenvalue weighted by Crippen LogP contribution is -2.59. The number of hydrogen-bond donors (Lipinski definition) is 1. The summed E-state index contributed by atoms with van der Waals surface area (Å²) in [4.78, 5) is 15.0. The van der Waals surface area contributed by atoms with Gasteiger partial charge in [0, 0.05) is 18.5 Å². The maximum Gasteiger partial charge on any atom is 0.242 e. The van der Waals surface area contributed by atoms with Crippen LogP contribution in [-0.4, -0.2) is 29.4 Å². The third-order valence-electron chi connectivity index (χ3n) is 5.63. The van der Waals surface area contributed by atoms with Crippen LogP contribution in [0.2, 0.25) is 0 Å². The van der Waals surface area contributed by atoms with Crippen molar-refractivity contribution in [1.82, 2.24) is 4.90 Å². The third-order valence-corrected chi connectivity index (χ3v) is 5.63. The van der Waals surface area contributed by atoms with Gasteiger partial charge in [-0.1, -0.05) is 56.5 Å². The van der Waals surface area contributed by atoms with E-state index >= 15 is 0 Å². The molecular weight excluding hydrogens is 272 g/mol. The van der Waals surface area contributed by atoms with E-state index in [1.807, 2.05) is 4.90 Å². The Bertz CT molecular complexity index is 521. The number of nitrogens with two attached hydrogens (primary N) is 1. The van der Waals surface area contributed by atoms with Crippen molar-refractivity contribution in [2.75, 3.05) is 13.1 Å². The van der Waals surface area contributed by atoms with Crippen molar-refractivity contribution in [3.63, 3.8) is 0 Å². The first-order valence-corrected chi connectivity index (χ1v) is 8.67. The van der Waals surface area contributed by atoms with E-state index in [0.29, 0.717) is 0 Å². The van der Waals surface area contributed by atoms with Crippen molar-refractivity contribution in [1.29, 1.82) is 0 Å². The summed E-state index contributed by atoms with van der Waals surface area (Å²) in [7, 11) is 0. The molecule has 3 rings (SSSR count). The molecule has 2 N–H and O–H groups in total. The van der Waals surface area contributed by atoms with Crippen LogP contribution in [0.1, 0.15) is 57.4 Å². The van der Waals surface area contributed by atoms with Gasteiger partial charge in [-0.15, -0.1) is 0 Å². The number of amides is 1. The highest BCUT2D eigenvalue weighted by Gasteiger charge is 2.42. The maximum atomic E-state index is 13.0. The Hall–Kier alpha value is -1.35. The number of hydrogen-bond acceptors (Lipinski definition) is 2. The van der Waals surface area contributed by atoms with E-state index in [9.17, 15) is 4.79 Å². The summed E-state index contributed by atoms with van der Waals surface area (Å²) < 4.78 is 0. The van der Waals surface area contributed by atoms with Crippen LogP contribution in [0.25, 0.3) is 0 Å². The molecule has 1 aliphatic carbocycles. The molecule has 22 heavy (non-hydrogen) atoms. The molecule has 1 amide bonds. The summed E-state index contributed by atoms with van der Waals surface area (Å²) in [5.41, 5.74) is 7.26. The van der Waals surface area contributed by atoms with Crippen molar-refractivity contribution in [2.45, 2.75) is 62.8 Å². The van der Waals surface area contributed by atoms with Crippen molar-refractivity contribution < 1.29 is 4.79 Å². The highest BCUT2D eigenvalue weighted by molar-refractivity contribution is 5.86. The van der Waals surface area contributed by atoms with Crippen LogP contribution in [0, 0.1) is 0 Å². The van der Waals surface area contributed by atoms with E-state index < -0.39 is 5.54 Å². The lowest BCUT2D eigenvalue weighted by atomic mass is 9.74. The minimum Gasteiger partial charge on any atom is -0.340 e. The van der Waals surface area contributed by atoms with Crippen LogP contribution >= 0.6 is 0 Å². The summed E-state index contributed by atoms with van der Waals surface area (Å²) in [5, 5.41) is 0. The first-order valence-electron chi connectivity index (χ1n) is 8.67. The zero-order chi connectivity index (χ0) is 15.6. The smallest absolute Gasteiger partial charge is 0.242 e. The fourth-order valence-electron chi connectivity index (χ4n) is 4.20. The largest absolute Gasteiger partial charge is 0.340 e. The van der Waals surface area contributed by atoms with Crippen LogP contribution in [0.5, 0.6) is 0 Å². The molecule has 1 saturated heterocycles. The lowest BCUT2D eigenvalue weighted by molar-refractivity contribution is -0.140. The molecule has 3 heteroatoms. The van der Waals surface area contributed by atoms with E-state index in [4.69, 9.17) is 5.73 Å². The summed E-state index contributed by atoms with van der Waals surface area (Å²) in [6.45, 7) is 3.95. The van der Waals surface area contributed by atoms with Gasteiger partial charge in [0.25, 0.3) is 0 Å². The van der Waals surface area contributed by atoms with Gasteiger partial charge in [-0.05, 0) is 31.2 Å². The number of benzene rings is 1. The van der Waals surface area contributed by atoms with Gasteiger partial charge >= 0.3 is 0 Å². The molecule has 1 unspecified atom stereocenters. The van der Waals surface area contributed by atoms with E-state index in [0.717, 1.165) is 51.6 Å². The highest BCUT2D eigenvalue weighted by atomic mass is 16.2. The van der Waals surface area contributed by atoms with Crippen molar-refractivity contribution in [3.05, 3.63) is 35.9 Å². The standard InChI is InChI=1S/C19H28N2O/c1-18(16-9-4-2-5-10-16)11-8-14-21(15-18)17(22)19(20)12-6-3-7-13-19/h2,4-5,9-10H,3,6-8,11-15,20H2,1H3. The number of carbonyl (C=O) groups excluding carboxylic acids is 1. The topological polar surface area (TPSA) is 46.3 Å². The van der Waals surface area contributed by atoms with Crippen LogP contribution in [0.15, 0.2) is 30.3 Å². The molecule has 0 spiro atoms. The number of nitrogens with zero attached hydrogens (tertiary/aromatic N) is 1. The quantitative estimate of drug-likeness (QED) is 0.911. The molecule has 2 fully saturated rings. The summed E-state index contributed by atoms with van der Waals surface area (Å²) in [6, 6.07) is 10.6. The fourth-order valence-corrected chi connectivity index (χ4v) is 4.20. The van der Waals surface area contributed by atoms with Crippen LogP contribution in [0.3, 0.4) is 0 Å². The number of carbonyl (C=O) groups is 1. The second kappa shape index (κ2) is 6.04. The zero-order valence-corrected chi connectivity index (χ0v) is 13.7. The molecular formula is C19H28N2O. The molecule has 120 valence electrons. The van der Waals surface area contributed by atoms with E-state index in [-0.39, 0.29) is 11.3 Å². The third kappa shape index (κ3) is 2.91. The van der Waals surface area contributed by atoms with Gasteiger partial charge in [0.05, 0.1) is 5.54 Å².